The quantitative estimate of drug-likeness (QED) is 0.749. The highest BCUT2D eigenvalue weighted by Crippen LogP contribution is 2.24. The first-order valence-corrected chi connectivity index (χ1v) is 7.88. The van der Waals surface area contributed by atoms with E-state index in [9.17, 15) is 9.59 Å². The predicted molar refractivity (Wildman–Crippen MR) is 81.2 cm³/mol. The molecular weight excluding hydrogens is 292 g/mol. The Balaban J connectivity index is 2.38. The van der Waals surface area contributed by atoms with Gasteiger partial charge in [0, 0.05) is 12.3 Å². The summed E-state index contributed by atoms with van der Waals surface area (Å²) >= 11 is 1.53. The molecule has 0 aliphatic carbocycles. The molecule has 0 bridgehead atoms. The van der Waals surface area contributed by atoms with Crippen molar-refractivity contribution in [3.05, 3.63) is 17.8 Å². The molecule has 0 aromatic carbocycles. The SMILES string of the molecule is CC(=O)NC(CCSCc1ncc(C(C)(C)C)o1)C(=O)O. The highest BCUT2D eigenvalue weighted by molar-refractivity contribution is 7.98. The summed E-state index contributed by atoms with van der Waals surface area (Å²) in [5.41, 5.74) is -0.0737. The summed E-state index contributed by atoms with van der Waals surface area (Å²) in [6.07, 6.45) is 2.10. The Labute approximate surface area is 128 Å². The van der Waals surface area contributed by atoms with E-state index in [1.807, 2.05) is 0 Å². The number of carbonyl (C=O) groups is 2. The van der Waals surface area contributed by atoms with Crippen molar-refractivity contribution in [2.45, 2.75) is 51.3 Å². The monoisotopic (exact) mass is 314 g/mol. The van der Waals surface area contributed by atoms with E-state index in [0.29, 0.717) is 23.8 Å². The van der Waals surface area contributed by atoms with Gasteiger partial charge in [-0.2, -0.15) is 11.8 Å². The largest absolute Gasteiger partial charge is 0.480 e. The molecule has 0 saturated carbocycles. The number of rotatable bonds is 7. The normalized spacial score (nSPS) is 13.0. The van der Waals surface area contributed by atoms with Gasteiger partial charge in [-0.3, -0.25) is 4.79 Å². The summed E-state index contributed by atoms with van der Waals surface area (Å²) in [7, 11) is 0. The molecule has 6 nitrogen and oxygen atoms in total. The number of oxazole rings is 1. The lowest BCUT2D eigenvalue weighted by Gasteiger charge is -2.13. The number of hydrogen-bond donors (Lipinski definition) is 2. The van der Waals surface area contributed by atoms with Crippen LogP contribution in [0.25, 0.3) is 0 Å². The van der Waals surface area contributed by atoms with Gasteiger partial charge in [0.25, 0.3) is 0 Å². The first-order chi connectivity index (χ1) is 9.70. The van der Waals surface area contributed by atoms with Crippen LogP contribution in [0.3, 0.4) is 0 Å². The van der Waals surface area contributed by atoms with E-state index in [4.69, 9.17) is 9.52 Å². The molecule has 0 spiro atoms. The van der Waals surface area contributed by atoms with Crippen LogP contribution in [-0.4, -0.2) is 33.8 Å². The molecule has 1 atom stereocenters. The van der Waals surface area contributed by atoms with E-state index in [0.717, 1.165) is 5.76 Å². The molecule has 0 aliphatic rings. The summed E-state index contributed by atoms with van der Waals surface area (Å²) in [6, 6.07) is -0.843. The van der Waals surface area contributed by atoms with Crippen LogP contribution in [0.15, 0.2) is 10.6 Å². The molecule has 1 amide bonds. The number of aromatic nitrogens is 1. The van der Waals surface area contributed by atoms with E-state index in [-0.39, 0.29) is 11.3 Å². The van der Waals surface area contributed by atoms with Crippen LogP contribution >= 0.6 is 11.8 Å². The smallest absolute Gasteiger partial charge is 0.326 e. The number of carboxylic acid groups (broad SMARTS) is 1. The van der Waals surface area contributed by atoms with E-state index < -0.39 is 12.0 Å². The van der Waals surface area contributed by atoms with Gasteiger partial charge in [-0.05, 0) is 12.2 Å². The second-order valence-corrected chi connectivity index (χ2v) is 6.91. The Hall–Kier alpha value is -1.50. The van der Waals surface area contributed by atoms with Crippen LogP contribution in [0.5, 0.6) is 0 Å². The summed E-state index contributed by atoms with van der Waals surface area (Å²) < 4.78 is 5.65. The molecule has 0 saturated heterocycles. The van der Waals surface area contributed by atoms with E-state index in [1.54, 1.807) is 6.20 Å². The van der Waals surface area contributed by atoms with Crippen molar-refractivity contribution in [2.24, 2.45) is 0 Å². The third-order valence-corrected chi connectivity index (χ3v) is 3.72. The maximum Gasteiger partial charge on any atom is 0.326 e. The number of hydrogen-bond acceptors (Lipinski definition) is 5. The molecule has 1 aromatic heterocycles. The molecule has 1 rings (SSSR count). The summed E-state index contributed by atoms with van der Waals surface area (Å²) in [4.78, 5) is 26.1. The van der Waals surface area contributed by atoms with Crippen molar-refractivity contribution in [3.8, 4) is 0 Å². The lowest BCUT2D eigenvalue weighted by Crippen LogP contribution is -2.39. The van der Waals surface area contributed by atoms with Gasteiger partial charge in [0.15, 0.2) is 0 Å². The second-order valence-electron chi connectivity index (χ2n) is 5.80. The van der Waals surface area contributed by atoms with Crippen LogP contribution in [-0.2, 0) is 20.8 Å². The zero-order valence-corrected chi connectivity index (χ0v) is 13.6. The van der Waals surface area contributed by atoms with Gasteiger partial charge in [0.05, 0.1) is 11.9 Å². The molecular formula is C14H22N2O4S. The zero-order valence-electron chi connectivity index (χ0n) is 12.8. The third kappa shape index (κ3) is 6.20. The molecule has 0 radical (unpaired) electrons. The van der Waals surface area contributed by atoms with Crippen molar-refractivity contribution >= 4 is 23.6 Å². The lowest BCUT2D eigenvalue weighted by atomic mass is 9.94. The highest BCUT2D eigenvalue weighted by atomic mass is 32.2. The molecule has 1 aromatic rings. The number of nitrogens with one attached hydrogen (secondary N) is 1. The number of carboxylic acids is 1. The maximum atomic E-state index is 11.0. The fourth-order valence-corrected chi connectivity index (χ4v) is 2.44. The molecule has 0 aliphatic heterocycles. The van der Waals surface area contributed by atoms with Gasteiger partial charge in [0.1, 0.15) is 11.8 Å². The minimum Gasteiger partial charge on any atom is -0.480 e. The van der Waals surface area contributed by atoms with Gasteiger partial charge in [-0.15, -0.1) is 0 Å². The molecule has 0 fully saturated rings. The van der Waals surface area contributed by atoms with Crippen LogP contribution in [0.1, 0.15) is 45.8 Å². The van der Waals surface area contributed by atoms with Crippen molar-refractivity contribution in [2.75, 3.05) is 5.75 Å². The maximum absolute atomic E-state index is 11.0. The summed E-state index contributed by atoms with van der Waals surface area (Å²) in [6.45, 7) is 7.46. The van der Waals surface area contributed by atoms with Crippen LogP contribution < -0.4 is 5.32 Å². The Morgan fingerprint density at radius 1 is 1.48 bits per heavy atom. The van der Waals surface area contributed by atoms with E-state index in [1.165, 1.54) is 18.7 Å². The van der Waals surface area contributed by atoms with Crippen molar-refractivity contribution in [1.82, 2.24) is 10.3 Å². The topological polar surface area (TPSA) is 92.4 Å². The number of thioether (sulfide) groups is 1. The number of amides is 1. The lowest BCUT2D eigenvalue weighted by molar-refractivity contribution is -0.141. The average Bonchev–Trinajstić information content (AvgIpc) is 2.80. The molecule has 2 N–H and O–H groups in total. The standard InChI is InChI=1S/C14H22N2O4S/c1-9(17)16-10(13(18)19)5-6-21-8-12-15-7-11(20-12)14(2,3)4/h7,10H,5-6,8H2,1-4H3,(H,16,17)(H,18,19). The van der Waals surface area contributed by atoms with Crippen LogP contribution in [0, 0.1) is 0 Å². The zero-order chi connectivity index (χ0) is 16.0. The van der Waals surface area contributed by atoms with Crippen LogP contribution in [0.4, 0.5) is 0 Å². The second kappa shape index (κ2) is 7.49. The first kappa shape index (κ1) is 17.6. The fourth-order valence-electron chi connectivity index (χ4n) is 1.59. The van der Waals surface area contributed by atoms with Crippen LogP contribution in [0.2, 0.25) is 0 Å². The minimum absolute atomic E-state index is 0.0737. The molecule has 7 heteroatoms. The molecule has 118 valence electrons. The van der Waals surface area contributed by atoms with Crippen molar-refractivity contribution in [1.29, 1.82) is 0 Å². The number of carbonyl (C=O) groups excluding carboxylic acids is 1. The summed E-state index contributed by atoms with van der Waals surface area (Å²) in [5, 5.41) is 11.4. The Bertz CT molecular complexity index is 493. The van der Waals surface area contributed by atoms with Crippen molar-refractivity contribution in [3.63, 3.8) is 0 Å². The Kier molecular flexibility index (Phi) is 6.26. The van der Waals surface area contributed by atoms with Gasteiger partial charge in [0.2, 0.25) is 11.8 Å². The Morgan fingerprint density at radius 2 is 2.14 bits per heavy atom. The number of aliphatic carboxylic acids is 1. The predicted octanol–water partition coefficient (Wildman–Crippen LogP) is 2.18. The average molecular weight is 314 g/mol. The van der Waals surface area contributed by atoms with Gasteiger partial charge in [-0.1, -0.05) is 20.8 Å². The third-order valence-electron chi connectivity index (χ3n) is 2.74. The first-order valence-electron chi connectivity index (χ1n) is 6.73. The molecule has 21 heavy (non-hydrogen) atoms. The van der Waals surface area contributed by atoms with Gasteiger partial charge in [-0.25, -0.2) is 9.78 Å². The highest BCUT2D eigenvalue weighted by Gasteiger charge is 2.20. The van der Waals surface area contributed by atoms with Gasteiger partial charge < -0.3 is 14.8 Å². The summed E-state index contributed by atoms with van der Waals surface area (Å²) in [5.74, 6) is 1.30. The minimum atomic E-state index is -1.02. The fraction of sp³-hybridized carbons (Fsp3) is 0.643. The Morgan fingerprint density at radius 3 is 2.62 bits per heavy atom. The molecule has 1 unspecified atom stereocenters. The van der Waals surface area contributed by atoms with E-state index in [2.05, 4.69) is 31.1 Å². The van der Waals surface area contributed by atoms with Crippen molar-refractivity contribution < 1.29 is 19.1 Å². The van der Waals surface area contributed by atoms with Gasteiger partial charge >= 0.3 is 5.97 Å². The molecule has 1 heterocycles. The van der Waals surface area contributed by atoms with E-state index >= 15 is 0 Å². The number of nitrogens with zero attached hydrogens (tertiary/aromatic N) is 1.